The molecular formula is C20H18N6O2S. The minimum atomic E-state index is -0.122. The Morgan fingerprint density at radius 1 is 1.14 bits per heavy atom. The van der Waals surface area contributed by atoms with Crippen molar-refractivity contribution in [2.45, 2.75) is 13.3 Å². The first-order valence-electron chi connectivity index (χ1n) is 9.02. The van der Waals surface area contributed by atoms with Crippen LogP contribution in [0.15, 0.2) is 60.2 Å². The average Bonchev–Trinajstić information content (AvgIpc) is 3.42. The summed E-state index contributed by atoms with van der Waals surface area (Å²) in [4.78, 5) is 16.9. The molecule has 0 fully saturated rings. The lowest BCUT2D eigenvalue weighted by molar-refractivity contribution is -0.115. The third-order valence-corrected chi connectivity index (χ3v) is 5.01. The van der Waals surface area contributed by atoms with Crippen LogP contribution in [-0.2, 0) is 11.2 Å². The second-order valence-electron chi connectivity index (χ2n) is 6.13. The molecule has 0 atom stereocenters. The van der Waals surface area contributed by atoms with Crippen molar-refractivity contribution < 1.29 is 9.53 Å². The van der Waals surface area contributed by atoms with E-state index in [1.54, 1.807) is 16.8 Å². The molecule has 0 aliphatic heterocycles. The summed E-state index contributed by atoms with van der Waals surface area (Å²) >= 11 is 1.52. The van der Waals surface area contributed by atoms with Gasteiger partial charge in [-0.1, -0.05) is 0 Å². The van der Waals surface area contributed by atoms with Gasteiger partial charge in [0.25, 0.3) is 0 Å². The Morgan fingerprint density at radius 2 is 1.93 bits per heavy atom. The first-order valence-corrected chi connectivity index (χ1v) is 9.90. The van der Waals surface area contributed by atoms with E-state index < -0.39 is 0 Å². The van der Waals surface area contributed by atoms with Crippen molar-refractivity contribution in [3.63, 3.8) is 0 Å². The van der Waals surface area contributed by atoms with Gasteiger partial charge in [0, 0.05) is 16.6 Å². The van der Waals surface area contributed by atoms with Gasteiger partial charge in [-0.15, -0.1) is 16.4 Å². The number of nitrogens with one attached hydrogen (secondary N) is 1. The molecule has 0 spiro atoms. The normalized spacial score (nSPS) is 10.7. The molecule has 4 rings (SSSR count). The van der Waals surface area contributed by atoms with E-state index in [1.165, 1.54) is 17.7 Å². The largest absolute Gasteiger partial charge is 0.494 e. The zero-order chi connectivity index (χ0) is 20.1. The smallest absolute Gasteiger partial charge is 0.230 e. The molecule has 0 bridgehead atoms. The number of rotatable bonds is 7. The number of nitrogens with zero attached hydrogens (tertiary/aromatic N) is 5. The fraction of sp³-hybridized carbons (Fsp3) is 0.150. The van der Waals surface area contributed by atoms with E-state index in [4.69, 9.17) is 4.74 Å². The zero-order valence-electron chi connectivity index (χ0n) is 15.6. The fourth-order valence-electron chi connectivity index (χ4n) is 2.73. The van der Waals surface area contributed by atoms with E-state index in [2.05, 4.69) is 25.8 Å². The van der Waals surface area contributed by atoms with Crippen molar-refractivity contribution in [2.75, 3.05) is 11.9 Å². The Kier molecular flexibility index (Phi) is 5.57. The van der Waals surface area contributed by atoms with E-state index in [1.807, 2.05) is 48.7 Å². The van der Waals surface area contributed by atoms with Crippen LogP contribution in [0, 0.1) is 0 Å². The number of carbonyl (C=O) groups excluding carboxylic acids is 1. The molecule has 9 heteroatoms. The quantitative estimate of drug-likeness (QED) is 0.506. The average molecular weight is 406 g/mol. The fourth-order valence-corrected chi connectivity index (χ4v) is 3.55. The molecule has 0 unspecified atom stereocenters. The van der Waals surface area contributed by atoms with Crippen LogP contribution in [-0.4, -0.2) is 37.7 Å². The molecule has 4 aromatic rings. The summed E-state index contributed by atoms with van der Waals surface area (Å²) in [5.74, 6) is 0.710. The maximum Gasteiger partial charge on any atom is 0.230 e. The van der Waals surface area contributed by atoms with E-state index in [9.17, 15) is 4.79 Å². The lowest BCUT2D eigenvalue weighted by atomic mass is 10.2. The molecule has 146 valence electrons. The number of benzene rings is 2. The van der Waals surface area contributed by atoms with Gasteiger partial charge in [0.1, 0.15) is 17.1 Å². The molecule has 0 saturated heterocycles. The summed E-state index contributed by atoms with van der Waals surface area (Å²) in [6.07, 6.45) is 1.72. The lowest BCUT2D eigenvalue weighted by Crippen LogP contribution is -2.14. The van der Waals surface area contributed by atoms with Crippen LogP contribution >= 0.6 is 11.3 Å². The van der Waals surface area contributed by atoms with Gasteiger partial charge >= 0.3 is 0 Å². The third-order valence-electron chi connectivity index (χ3n) is 4.07. The second kappa shape index (κ2) is 8.61. The maximum absolute atomic E-state index is 12.4. The van der Waals surface area contributed by atoms with E-state index >= 15 is 0 Å². The summed E-state index contributed by atoms with van der Waals surface area (Å²) in [6, 6.07) is 15.1. The topological polar surface area (TPSA) is 94.8 Å². The van der Waals surface area contributed by atoms with Crippen LogP contribution in [0.3, 0.4) is 0 Å². The molecule has 8 nitrogen and oxygen atoms in total. The molecule has 1 N–H and O–H groups in total. The van der Waals surface area contributed by atoms with Gasteiger partial charge in [0.2, 0.25) is 5.91 Å². The molecule has 29 heavy (non-hydrogen) atoms. The number of amides is 1. The Labute approximate surface area is 171 Å². The van der Waals surface area contributed by atoms with Crippen molar-refractivity contribution >= 4 is 22.9 Å². The number of thiazole rings is 1. The van der Waals surface area contributed by atoms with Crippen molar-refractivity contribution in [1.29, 1.82) is 0 Å². The minimum absolute atomic E-state index is 0.122. The summed E-state index contributed by atoms with van der Waals surface area (Å²) in [7, 11) is 0. The molecule has 0 saturated carbocycles. The second-order valence-corrected chi connectivity index (χ2v) is 6.99. The highest BCUT2D eigenvalue weighted by atomic mass is 32.1. The SMILES string of the molecule is CCOc1ccc(-c2nc(CC(=O)Nc3ccc(-n4cnnn4)cc3)cs2)cc1. The van der Waals surface area contributed by atoms with E-state index in [-0.39, 0.29) is 12.3 Å². The molecule has 0 radical (unpaired) electrons. The van der Waals surface area contributed by atoms with Gasteiger partial charge in [-0.05, 0) is 65.9 Å². The van der Waals surface area contributed by atoms with Crippen LogP contribution in [0.4, 0.5) is 5.69 Å². The number of hydrogen-bond donors (Lipinski definition) is 1. The highest BCUT2D eigenvalue weighted by molar-refractivity contribution is 7.13. The number of carbonyl (C=O) groups is 1. The van der Waals surface area contributed by atoms with Gasteiger partial charge < -0.3 is 10.1 Å². The summed E-state index contributed by atoms with van der Waals surface area (Å²) in [5.41, 5.74) is 3.26. The molecule has 2 heterocycles. The Bertz CT molecular complexity index is 1080. The van der Waals surface area contributed by atoms with Crippen LogP contribution in [0.2, 0.25) is 0 Å². The van der Waals surface area contributed by atoms with Crippen molar-refractivity contribution in [2.24, 2.45) is 0 Å². The first-order chi connectivity index (χ1) is 14.2. The number of ether oxygens (including phenoxy) is 1. The lowest BCUT2D eigenvalue weighted by Gasteiger charge is -2.05. The number of tetrazole rings is 1. The van der Waals surface area contributed by atoms with Crippen LogP contribution in [0.1, 0.15) is 12.6 Å². The molecule has 2 aromatic heterocycles. The van der Waals surface area contributed by atoms with Gasteiger partial charge in [0.15, 0.2) is 0 Å². The van der Waals surface area contributed by atoms with Crippen LogP contribution in [0.25, 0.3) is 16.3 Å². The monoisotopic (exact) mass is 406 g/mol. The van der Waals surface area contributed by atoms with E-state index in [0.29, 0.717) is 12.3 Å². The standard InChI is InChI=1S/C20H18N6O2S/c1-2-28-18-9-3-14(4-10-18)20-23-16(12-29-20)11-19(27)22-15-5-7-17(8-6-15)26-13-21-24-25-26/h3-10,12-13H,2,11H2,1H3,(H,22,27). The number of aromatic nitrogens is 5. The predicted molar refractivity (Wildman–Crippen MR) is 110 cm³/mol. The molecule has 1 amide bonds. The summed E-state index contributed by atoms with van der Waals surface area (Å²) in [6.45, 7) is 2.59. The Balaban J connectivity index is 1.36. The molecule has 0 aliphatic rings. The summed E-state index contributed by atoms with van der Waals surface area (Å²) in [5, 5.41) is 16.7. The van der Waals surface area contributed by atoms with Crippen LogP contribution < -0.4 is 10.1 Å². The van der Waals surface area contributed by atoms with Crippen molar-refractivity contribution in [3.8, 4) is 22.0 Å². The Hall–Kier alpha value is -3.59. The van der Waals surface area contributed by atoms with E-state index in [0.717, 1.165) is 27.7 Å². The van der Waals surface area contributed by atoms with Gasteiger partial charge in [-0.25, -0.2) is 9.67 Å². The zero-order valence-corrected chi connectivity index (χ0v) is 16.5. The highest BCUT2D eigenvalue weighted by Crippen LogP contribution is 2.26. The van der Waals surface area contributed by atoms with Gasteiger partial charge in [-0.3, -0.25) is 4.79 Å². The number of anilines is 1. The molecule has 2 aromatic carbocycles. The highest BCUT2D eigenvalue weighted by Gasteiger charge is 2.10. The summed E-state index contributed by atoms with van der Waals surface area (Å²) < 4.78 is 7.00. The predicted octanol–water partition coefficient (Wildman–Crippen LogP) is 3.37. The Morgan fingerprint density at radius 3 is 2.62 bits per heavy atom. The maximum atomic E-state index is 12.4. The molecular weight excluding hydrogens is 388 g/mol. The van der Waals surface area contributed by atoms with Gasteiger partial charge in [-0.2, -0.15) is 0 Å². The minimum Gasteiger partial charge on any atom is -0.494 e. The third kappa shape index (κ3) is 4.64. The first kappa shape index (κ1) is 18.8. The molecule has 0 aliphatic carbocycles. The van der Waals surface area contributed by atoms with Gasteiger partial charge in [0.05, 0.1) is 24.4 Å². The van der Waals surface area contributed by atoms with Crippen molar-refractivity contribution in [3.05, 3.63) is 65.9 Å². The van der Waals surface area contributed by atoms with Crippen molar-refractivity contribution in [1.82, 2.24) is 25.2 Å². The van der Waals surface area contributed by atoms with Crippen LogP contribution in [0.5, 0.6) is 5.75 Å². The number of hydrogen-bond acceptors (Lipinski definition) is 7.